The first-order chi connectivity index (χ1) is 6.42. The van der Waals surface area contributed by atoms with E-state index in [2.05, 4.69) is 40.7 Å². The molecule has 0 atom stereocenters. The van der Waals surface area contributed by atoms with E-state index in [1.807, 2.05) is 30.3 Å². The van der Waals surface area contributed by atoms with Crippen molar-refractivity contribution in [3.8, 4) is 0 Å². The summed E-state index contributed by atoms with van der Waals surface area (Å²) >= 11 is 0. The molecule has 0 aliphatic carbocycles. The van der Waals surface area contributed by atoms with Crippen molar-refractivity contribution in [2.75, 3.05) is 0 Å². The fourth-order valence-electron chi connectivity index (χ4n) is 1.40. The molecule has 0 heterocycles. The fourth-order valence-corrected chi connectivity index (χ4v) is 1.40. The molecule has 0 spiro atoms. The number of hydrogen-bond donors (Lipinski definition) is 0. The van der Waals surface area contributed by atoms with Crippen LogP contribution in [0, 0.1) is 17.4 Å². The predicted octanol–water partition coefficient (Wildman–Crippen LogP) is 4.26. The molecule has 0 saturated carbocycles. The van der Waals surface area contributed by atoms with Crippen LogP contribution in [-0.4, -0.2) is 48.9 Å². The third kappa shape index (κ3) is 20.5. The smallest absolute Gasteiger partial charge is 0.319 e. The minimum atomic E-state index is 0. The SMILES string of the molecule is C[C-](C)CC(C)(C)C.S.[Ba+2].[c-]1ccccc1. The molecule has 0 aliphatic heterocycles. The van der Waals surface area contributed by atoms with Crippen molar-refractivity contribution in [3.05, 3.63) is 42.3 Å². The predicted molar refractivity (Wildman–Crippen MR) is 80.1 cm³/mol. The summed E-state index contributed by atoms with van der Waals surface area (Å²) in [6.07, 6.45) is 1.24. The van der Waals surface area contributed by atoms with E-state index in [1.165, 1.54) is 12.3 Å². The van der Waals surface area contributed by atoms with E-state index < -0.39 is 0 Å². The molecule has 1 rings (SSSR count). The van der Waals surface area contributed by atoms with Gasteiger partial charge in [-0.15, -0.1) is 0 Å². The summed E-state index contributed by atoms with van der Waals surface area (Å²) in [4.78, 5) is 0. The van der Waals surface area contributed by atoms with Gasteiger partial charge in [-0.2, -0.15) is 70.2 Å². The second kappa shape index (κ2) is 12.6. The van der Waals surface area contributed by atoms with Crippen LogP contribution >= 0.6 is 13.5 Å². The van der Waals surface area contributed by atoms with Gasteiger partial charge in [-0.25, -0.2) is 0 Å². The van der Waals surface area contributed by atoms with Gasteiger partial charge in [0.25, 0.3) is 0 Å². The van der Waals surface area contributed by atoms with Crippen LogP contribution in [-0.2, 0) is 0 Å². The Balaban J connectivity index is -0.000000192. The minimum absolute atomic E-state index is 0. The van der Waals surface area contributed by atoms with Crippen LogP contribution in [0.2, 0.25) is 0 Å². The van der Waals surface area contributed by atoms with E-state index in [1.54, 1.807) is 0 Å². The van der Waals surface area contributed by atoms with Crippen molar-refractivity contribution >= 4 is 62.4 Å². The Labute approximate surface area is 149 Å². The monoisotopic (exact) mass is 362 g/mol. The Morgan fingerprint density at radius 2 is 1.44 bits per heavy atom. The molecule has 0 nitrogen and oxygen atoms in total. The second-order valence-electron chi connectivity index (χ2n) is 5.02. The van der Waals surface area contributed by atoms with Crippen LogP contribution in [0.1, 0.15) is 41.0 Å². The zero-order valence-electron chi connectivity index (χ0n) is 11.3. The number of rotatable bonds is 1. The summed E-state index contributed by atoms with van der Waals surface area (Å²) < 4.78 is 0. The van der Waals surface area contributed by atoms with Crippen LogP contribution in [0.3, 0.4) is 0 Å². The maximum Gasteiger partial charge on any atom is 2.00 e. The summed E-state index contributed by atoms with van der Waals surface area (Å²) in [5, 5.41) is 0. The van der Waals surface area contributed by atoms with Crippen molar-refractivity contribution < 1.29 is 0 Å². The Kier molecular flexibility index (Phi) is 17.6. The van der Waals surface area contributed by atoms with Crippen molar-refractivity contribution in [1.29, 1.82) is 0 Å². The Morgan fingerprint density at radius 1 is 1.00 bits per heavy atom. The quantitative estimate of drug-likeness (QED) is 0.518. The zero-order valence-corrected chi connectivity index (χ0v) is 16.7. The average Bonchev–Trinajstić information content (AvgIpc) is 2.03. The third-order valence-corrected chi connectivity index (χ3v) is 1.49. The van der Waals surface area contributed by atoms with Gasteiger partial charge in [-0.1, -0.05) is 26.2 Å². The first-order valence-electron chi connectivity index (χ1n) is 5.12. The normalized spacial score (nSPS) is 9.38. The first kappa shape index (κ1) is 22.3. The Hall–Kier alpha value is 1.14. The maximum absolute atomic E-state index is 2.89. The summed E-state index contributed by atoms with van der Waals surface area (Å²) in [7, 11) is 0. The van der Waals surface area contributed by atoms with E-state index in [0.29, 0.717) is 5.41 Å². The zero-order chi connectivity index (χ0) is 11.0. The Bertz CT molecular complexity index is 187. The molecule has 0 bridgehead atoms. The van der Waals surface area contributed by atoms with E-state index in [4.69, 9.17) is 0 Å². The van der Waals surface area contributed by atoms with Crippen LogP contribution in [0.4, 0.5) is 0 Å². The molecular formula is C14H24BaS. The van der Waals surface area contributed by atoms with Gasteiger partial charge in [0.05, 0.1) is 0 Å². The average molecular weight is 362 g/mol. The molecule has 16 heavy (non-hydrogen) atoms. The molecule has 88 valence electrons. The summed E-state index contributed by atoms with van der Waals surface area (Å²) in [6, 6.07) is 12.5. The molecule has 0 radical (unpaired) electrons. The van der Waals surface area contributed by atoms with Crippen molar-refractivity contribution in [3.63, 3.8) is 0 Å². The van der Waals surface area contributed by atoms with Gasteiger partial charge in [-0.05, 0) is 0 Å². The van der Waals surface area contributed by atoms with E-state index >= 15 is 0 Å². The van der Waals surface area contributed by atoms with Crippen LogP contribution in [0.25, 0.3) is 0 Å². The molecule has 1 aromatic rings. The van der Waals surface area contributed by atoms with E-state index in [9.17, 15) is 0 Å². The van der Waals surface area contributed by atoms with Crippen molar-refractivity contribution in [1.82, 2.24) is 0 Å². The fraction of sp³-hybridized carbons (Fsp3) is 0.500. The molecule has 0 aromatic heterocycles. The molecule has 1 aromatic carbocycles. The van der Waals surface area contributed by atoms with Crippen LogP contribution in [0.15, 0.2) is 30.3 Å². The van der Waals surface area contributed by atoms with Crippen LogP contribution in [0.5, 0.6) is 0 Å². The molecule has 0 N–H and O–H groups in total. The van der Waals surface area contributed by atoms with E-state index in [-0.39, 0.29) is 62.4 Å². The van der Waals surface area contributed by atoms with Crippen molar-refractivity contribution in [2.24, 2.45) is 5.41 Å². The largest absolute Gasteiger partial charge is 2.00 e. The summed E-state index contributed by atoms with van der Waals surface area (Å²) in [5.41, 5.74) is 0.485. The number of benzene rings is 1. The van der Waals surface area contributed by atoms with Gasteiger partial charge in [0, 0.05) is 0 Å². The second-order valence-corrected chi connectivity index (χ2v) is 5.02. The molecule has 0 amide bonds. The van der Waals surface area contributed by atoms with Gasteiger partial charge in [-0.3, -0.25) is 0 Å². The summed E-state index contributed by atoms with van der Waals surface area (Å²) in [6.45, 7) is 11.2. The van der Waals surface area contributed by atoms with Gasteiger partial charge in [0.15, 0.2) is 0 Å². The minimum Gasteiger partial charge on any atom is -0.319 e. The molecular weight excluding hydrogens is 338 g/mol. The maximum atomic E-state index is 2.89. The third-order valence-electron chi connectivity index (χ3n) is 1.49. The Morgan fingerprint density at radius 3 is 1.50 bits per heavy atom. The molecule has 0 saturated heterocycles. The molecule has 0 unspecified atom stereocenters. The van der Waals surface area contributed by atoms with Gasteiger partial charge < -0.3 is 5.92 Å². The summed E-state index contributed by atoms with van der Waals surface area (Å²) in [5.74, 6) is 1.53. The van der Waals surface area contributed by atoms with Gasteiger partial charge in [0.2, 0.25) is 0 Å². The van der Waals surface area contributed by atoms with E-state index in [0.717, 1.165) is 0 Å². The first-order valence-corrected chi connectivity index (χ1v) is 5.12. The van der Waals surface area contributed by atoms with Crippen molar-refractivity contribution in [2.45, 2.75) is 41.0 Å². The van der Waals surface area contributed by atoms with Gasteiger partial charge >= 0.3 is 48.9 Å². The topological polar surface area (TPSA) is 0 Å². The number of hydrogen-bond acceptors (Lipinski definition) is 0. The molecule has 0 aliphatic rings. The molecule has 2 heteroatoms. The van der Waals surface area contributed by atoms with Crippen LogP contribution < -0.4 is 0 Å². The molecule has 0 fully saturated rings. The standard InChI is InChI=1S/C8H17.C6H5.Ba.H2S/c1-7(2)6-8(3,4)5;1-2-4-6-5-3-1;;/h6H2,1-5H3;1-5H;;1H2/q2*-1;+2;. The van der Waals surface area contributed by atoms with Gasteiger partial charge in [0.1, 0.15) is 0 Å².